The molecule has 1 saturated carbocycles. The second kappa shape index (κ2) is 7.12. The number of rotatable bonds is 2. The van der Waals surface area contributed by atoms with Crippen LogP contribution in [-0.4, -0.2) is 17.8 Å². The normalized spacial score (nSPS) is 26.0. The van der Waals surface area contributed by atoms with Gasteiger partial charge in [0.15, 0.2) is 0 Å². The minimum Gasteiger partial charge on any atom is -0.507 e. The zero-order chi connectivity index (χ0) is 14.1. The topological polar surface area (TPSA) is 55.5 Å². The summed E-state index contributed by atoms with van der Waals surface area (Å²) >= 11 is 0. The van der Waals surface area contributed by atoms with E-state index in [2.05, 4.69) is 6.07 Å². The summed E-state index contributed by atoms with van der Waals surface area (Å²) in [6, 6.07) is 4.03. The van der Waals surface area contributed by atoms with Crippen LogP contribution in [0.4, 0.5) is 0 Å². The molecule has 0 aromatic heterocycles. The number of aromatic hydroxyl groups is 1. The van der Waals surface area contributed by atoms with Crippen molar-refractivity contribution < 1.29 is 9.84 Å². The van der Waals surface area contributed by atoms with E-state index < -0.39 is 0 Å². The van der Waals surface area contributed by atoms with Gasteiger partial charge < -0.3 is 15.6 Å². The molecule has 1 aliphatic heterocycles. The monoisotopic (exact) mass is 355 g/mol. The molecule has 1 fully saturated rings. The van der Waals surface area contributed by atoms with Crippen LogP contribution in [0.2, 0.25) is 0 Å². The first kappa shape index (κ1) is 16.8. The van der Waals surface area contributed by atoms with Gasteiger partial charge in [0.1, 0.15) is 5.75 Å². The molecule has 1 aromatic carbocycles. The number of hydrogen-bond donors (Lipinski definition) is 2. The Labute approximate surface area is 137 Å². The van der Waals surface area contributed by atoms with E-state index in [1.807, 2.05) is 13.0 Å². The zero-order valence-corrected chi connectivity index (χ0v) is 14.4. The average molecular weight is 356 g/mol. The molecule has 0 bridgehead atoms. The number of hydrogen-bond acceptors (Lipinski definition) is 3. The van der Waals surface area contributed by atoms with Gasteiger partial charge in [-0.15, -0.1) is 17.0 Å². The molecule has 2 aliphatic rings. The number of phenolic OH excluding ortho intramolecular Hbond substituents is 1. The third-order valence-electron chi connectivity index (χ3n) is 5.00. The average Bonchev–Trinajstić information content (AvgIpc) is 2.51. The molecule has 3 nitrogen and oxygen atoms in total. The molecule has 3 N–H and O–H groups in total. The fourth-order valence-electron chi connectivity index (χ4n) is 3.79. The third-order valence-corrected chi connectivity index (χ3v) is 5.00. The molecule has 118 valence electrons. The molecule has 0 spiro atoms. The molecule has 1 aromatic rings. The summed E-state index contributed by atoms with van der Waals surface area (Å²) < 4.78 is 6.26. The highest BCUT2D eigenvalue weighted by Gasteiger charge is 2.34. The van der Waals surface area contributed by atoms with Crippen molar-refractivity contribution in [2.45, 2.75) is 57.7 Å². The summed E-state index contributed by atoms with van der Waals surface area (Å²) in [4.78, 5) is 0. The fraction of sp³-hybridized carbons (Fsp3) is 0.647. The van der Waals surface area contributed by atoms with Gasteiger partial charge in [0.2, 0.25) is 0 Å². The van der Waals surface area contributed by atoms with Gasteiger partial charge in [-0.2, -0.15) is 0 Å². The van der Waals surface area contributed by atoms with Gasteiger partial charge in [0.25, 0.3) is 0 Å². The number of benzene rings is 1. The molecule has 0 radical (unpaired) electrons. The standard InChI is InChI=1S/C17H25NO2.BrH/c1-11-7-8-13-14(17(11)19)9-15(20-16(13)10-18)12-5-3-2-4-6-12;/h7-8,12,15-16,19H,2-6,9-10,18H2,1H3;1H/t15-,16-;/m0./s1. The molecule has 4 heteroatoms. The molecule has 0 unspecified atom stereocenters. The van der Waals surface area contributed by atoms with Gasteiger partial charge in [-0.05, 0) is 36.8 Å². The Bertz CT molecular complexity index is 486. The number of aryl methyl sites for hydroxylation is 1. The smallest absolute Gasteiger partial charge is 0.122 e. The van der Waals surface area contributed by atoms with Crippen LogP contribution >= 0.6 is 17.0 Å². The van der Waals surface area contributed by atoms with Crippen molar-refractivity contribution in [1.29, 1.82) is 0 Å². The van der Waals surface area contributed by atoms with Crippen LogP contribution < -0.4 is 5.73 Å². The number of phenols is 1. The van der Waals surface area contributed by atoms with Gasteiger partial charge in [-0.3, -0.25) is 0 Å². The lowest BCUT2D eigenvalue weighted by atomic mass is 9.80. The van der Waals surface area contributed by atoms with Crippen LogP contribution in [0.25, 0.3) is 0 Å². The Kier molecular flexibility index (Phi) is 5.69. The summed E-state index contributed by atoms with van der Waals surface area (Å²) in [5, 5.41) is 10.4. The molecule has 0 amide bonds. The molecular formula is C17H26BrNO2. The van der Waals surface area contributed by atoms with Gasteiger partial charge in [0.05, 0.1) is 12.2 Å². The van der Waals surface area contributed by atoms with Crippen molar-refractivity contribution >= 4 is 17.0 Å². The molecule has 1 heterocycles. The number of halogens is 1. The lowest BCUT2D eigenvalue weighted by Crippen LogP contribution is -2.36. The van der Waals surface area contributed by atoms with Crippen molar-refractivity contribution in [1.82, 2.24) is 0 Å². The van der Waals surface area contributed by atoms with E-state index in [0.717, 1.165) is 23.1 Å². The Hall–Kier alpha value is -0.580. The van der Waals surface area contributed by atoms with E-state index in [4.69, 9.17) is 10.5 Å². The number of nitrogens with two attached hydrogens (primary N) is 1. The summed E-state index contributed by atoms with van der Waals surface area (Å²) in [6.45, 7) is 2.44. The van der Waals surface area contributed by atoms with E-state index in [1.165, 1.54) is 32.1 Å². The summed E-state index contributed by atoms with van der Waals surface area (Å²) in [5.41, 5.74) is 9.00. The second-order valence-corrected chi connectivity index (χ2v) is 6.30. The van der Waals surface area contributed by atoms with E-state index >= 15 is 0 Å². The molecule has 3 rings (SSSR count). The van der Waals surface area contributed by atoms with Gasteiger partial charge in [-0.25, -0.2) is 0 Å². The Balaban J connectivity index is 0.00000161. The highest BCUT2D eigenvalue weighted by atomic mass is 79.9. The molecule has 21 heavy (non-hydrogen) atoms. The minimum atomic E-state index is -0.0582. The molecule has 2 atom stereocenters. The van der Waals surface area contributed by atoms with Crippen molar-refractivity contribution in [2.75, 3.05) is 6.54 Å². The fourth-order valence-corrected chi connectivity index (χ4v) is 3.79. The second-order valence-electron chi connectivity index (χ2n) is 6.30. The molecular weight excluding hydrogens is 330 g/mol. The lowest BCUT2D eigenvalue weighted by molar-refractivity contribution is -0.0595. The predicted octanol–water partition coefficient (Wildman–Crippen LogP) is 3.80. The first-order chi connectivity index (χ1) is 9.70. The third kappa shape index (κ3) is 3.27. The van der Waals surface area contributed by atoms with E-state index in [1.54, 1.807) is 0 Å². The maximum atomic E-state index is 10.4. The highest BCUT2D eigenvalue weighted by molar-refractivity contribution is 8.93. The van der Waals surface area contributed by atoms with Crippen molar-refractivity contribution in [2.24, 2.45) is 11.7 Å². The number of fused-ring (bicyclic) bond motifs is 1. The van der Waals surface area contributed by atoms with Crippen LogP contribution in [-0.2, 0) is 11.2 Å². The van der Waals surface area contributed by atoms with Gasteiger partial charge in [0, 0.05) is 18.5 Å². The maximum absolute atomic E-state index is 10.4. The van der Waals surface area contributed by atoms with Crippen LogP contribution in [0.5, 0.6) is 5.75 Å². The predicted molar refractivity (Wildman–Crippen MR) is 90.1 cm³/mol. The summed E-state index contributed by atoms with van der Waals surface area (Å²) in [5.74, 6) is 1.08. The molecule has 1 aliphatic carbocycles. The Morgan fingerprint density at radius 2 is 1.95 bits per heavy atom. The van der Waals surface area contributed by atoms with Crippen molar-refractivity contribution in [3.63, 3.8) is 0 Å². The van der Waals surface area contributed by atoms with Gasteiger partial charge in [-0.1, -0.05) is 31.4 Å². The minimum absolute atomic E-state index is 0. The Morgan fingerprint density at radius 1 is 1.24 bits per heavy atom. The van der Waals surface area contributed by atoms with E-state index in [-0.39, 0.29) is 29.2 Å². The van der Waals surface area contributed by atoms with Crippen LogP contribution in [0, 0.1) is 12.8 Å². The largest absolute Gasteiger partial charge is 0.507 e. The zero-order valence-electron chi connectivity index (χ0n) is 12.7. The first-order valence-electron chi connectivity index (χ1n) is 7.87. The molecule has 0 saturated heterocycles. The first-order valence-corrected chi connectivity index (χ1v) is 7.87. The highest BCUT2D eigenvalue weighted by Crippen LogP contribution is 2.41. The van der Waals surface area contributed by atoms with Crippen molar-refractivity contribution in [3.05, 3.63) is 28.8 Å². The van der Waals surface area contributed by atoms with Crippen LogP contribution in [0.3, 0.4) is 0 Å². The van der Waals surface area contributed by atoms with E-state index in [0.29, 0.717) is 18.2 Å². The van der Waals surface area contributed by atoms with E-state index in [9.17, 15) is 5.11 Å². The quantitative estimate of drug-likeness (QED) is 0.848. The Morgan fingerprint density at radius 3 is 2.62 bits per heavy atom. The van der Waals surface area contributed by atoms with Crippen LogP contribution in [0.15, 0.2) is 12.1 Å². The van der Waals surface area contributed by atoms with Gasteiger partial charge >= 0.3 is 0 Å². The maximum Gasteiger partial charge on any atom is 0.122 e. The summed E-state index contributed by atoms with van der Waals surface area (Å²) in [6.07, 6.45) is 7.48. The van der Waals surface area contributed by atoms with Crippen LogP contribution in [0.1, 0.15) is 54.9 Å². The van der Waals surface area contributed by atoms with Crippen molar-refractivity contribution in [3.8, 4) is 5.75 Å². The SMILES string of the molecule is Br.Cc1ccc2c(c1O)C[C@@H](C1CCCCC1)O[C@H]2CN. The lowest BCUT2D eigenvalue weighted by Gasteiger charge is -2.38. The number of ether oxygens (including phenoxy) is 1. The summed E-state index contributed by atoms with van der Waals surface area (Å²) in [7, 11) is 0.